The van der Waals surface area contributed by atoms with Gasteiger partial charge in [-0.2, -0.15) is 0 Å². The fraction of sp³-hybridized carbons (Fsp3) is 0.111. The van der Waals surface area contributed by atoms with Gasteiger partial charge in [-0.25, -0.2) is 4.39 Å². The Morgan fingerprint density at radius 3 is 2.48 bits per heavy atom. The van der Waals surface area contributed by atoms with Crippen molar-refractivity contribution in [2.75, 3.05) is 5.32 Å². The van der Waals surface area contributed by atoms with Gasteiger partial charge in [0, 0.05) is 29.8 Å². The molecule has 0 aliphatic carbocycles. The minimum atomic E-state index is -0.206. The third kappa shape index (κ3) is 3.14. The molecule has 0 bridgehead atoms. The van der Waals surface area contributed by atoms with Gasteiger partial charge in [0.15, 0.2) is 0 Å². The van der Waals surface area contributed by atoms with E-state index < -0.39 is 0 Å². The first kappa shape index (κ1) is 13.4. The number of benzene rings is 2. The number of halogens is 1. The molecule has 0 radical (unpaired) electrons. The second kappa shape index (κ2) is 5.83. The highest BCUT2D eigenvalue weighted by Crippen LogP contribution is 2.22. The zero-order chi connectivity index (χ0) is 14.7. The molecule has 1 aromatic heterocycles. The van der Waals surface area contributed by atoms with E-state index in [0.29, 0.717) is 0 Å². The molecule has 0 aliphatic rings. The van der Waals surface area contributed by atoms with E-state index in [1.807, 2.05) is 49.6 Å². The molecule has 0 aliphatic heterocycles. The number of aromatic nitrogens is 1. The molecule has 3 heteroatoms. The molecular weight excluding hydrogens is 263 g/mol. The van der Waals surface area contributed by atoms with Crippen molar-refractivity contribution in [3.05, 3.63) is 84.4 Å². The van der Waals surface area contributed by atoms with Gasteiger partial charge < -0.3 is 9.88 Å². The zero-order valence-electron chi connectivity index (χ0n) is 11.8. The fourth-order valence-corrected chi connectivity index (χ4v) is 2.37. The van der Waals surface area contributed by atoms with Gasteiger partial charge in [0.1, 0.15) is 5.82 Å². The molecule has 0 amide bonds. The van der Waals surface area contributed by atoms with E-state index in [1.54, 1.807) is 12.1 Å². The third-order valence-electron chi connectivity index (χ3n) is 3.48. The average Bonchev–Trinajstić information content (AvgIpc) is 3.02. The molecule has 1 heterocycles. The predicted molar refractivity (Wildman–Crippen MR) is 84.2 cm³/mol. The van der Waals surface area contributed by atoms with E-state index in [0.717, 1.165) is 16.9 Å². The highest BCUT2D eigenvalue weighted by atomic mass is 19.1. The van der Waals surface area contributed by atoms with Crippen molar-refractivity contribution in [3.63, 3.8) is 0 Å². The van der Waals surface area contributed by atoms with Crippen molar-refractivity contribution in [1.29, 1.82) is 0 Å². The van der Waals surface area contributed by atoms with Crippen molar-refractivity contribution >= 4 is 5.69 Å². The quantitative estimate of drug-likeness (QED) is 0.727. The van der Waals surface area contributed by atoms with Crippen LogP contribution in [0.1, 0.15) is 18.5 Å². The Morgan fingerprint density at radius 2 is 1.71 bits per heavy atom. The molecule has 3 rings (SSSR count). The van der Waals surface area contributed by atoms with Gasteiger partial charge in [-0.3, -0.25) is 0 Å². The van der Waals surface area contributed by atoms with Crippen LogP contribution in [0.3, 0.4) is 0 Å². The lowest BCUT2D eigenvalue weighted by atomic mass is 10.1. The lowest BCUT2D eigenvalue weighted by Gasteiger charge is -2.16. The third-order valence-corrected chi connectivity index (χ3v) is 3.48. The lowest BCUT2D eigenvalue weighted by Crippen LogP contribution is -2.07. The molecule has 21 heavy (non-hydrogen) atoms. The second-order valence-corrected chi connectivity index (χ2v) is 5.06. The van der Waals surface area contributed by atoms with Crippen LogP contribution in [-0.2, 0) is 0 Å². The summed E-state index contributed by atoms with van der Waals surface area (Å²) in [4.78, 5) is 0. The average molecular weight is 280 g/mol. The number of hydrogen-bond acceptors (Lipinski definition) is 1. The Labute approximate surface area is 123 Å². The largest absolute Gasteiger partial charge is 0.378 e. The number of anilines is 1. The zero-order valence-corrected chi connectivity index (χ0v) is 11.8. The standard InChI is InChI=1S/C18H17FN2/c1-14(15-6-4-7-16(19)12-15)20-17-8-5-9-18(13-17)21-10-2-3-11-21/h2-14,20H,1H3. The summed E-state index contributed by atoms with van der Waals surface area (Å²) in [6.45, 7) is 2.02. The van der Waals surface area contributed by atoms with Gasteiger partial charge >= 0.3 is 0 Å². The van der Waals surface area contributed by atoms with Crippen LogP contribution in [0.4, 0.5) is 10.1 Å². The highest BCUT2D eigenvalue weighted by Gasteiger charge is 2.06. The first-order valence-corrected chi connectivity index (χ1v) is 6.98. The van der Waals surface area contributed by atoms with Crippen molar-refractivity contribution < 1.29 is 4.39 Å². The summed E-state index contributed by atoms with van der Waals surface area (Å²) in [6, 6.07) is 18.9. The van der Waals surface area contributed by atoms with Gasteiger partial charge in [-0.05, 0) is 55.0 Å². The number of nitrogens with one attached hydrogen (secondary N) is 1. The maximum Gasteiger partial charge on any atom is 0.123 e. The monoisotopic (exact) mass is 280 g/mol. The minimum Gasteiger partial charge on any atom is -0.378 e. The number of nitrogens with zero attached hydrogens (tertiary/aromatic N) is 1. The molecule has 1 unspecified atom stereocenters. The van der Waals surface area contributed by atoms with Crippen molar-refractivity contribution in [2.24, 2.45) is 0 Å². The Bertz CT molecular complexity index is 720. The van der Waals surface area contributed by atoms with Gasteiger partial charge in [0.05, 0.1) is 0 Å². The van der Waals surface area contributed by atoms with Gasteiger partial charge in [0.25, 0.3) is 0 Å². The van der Waals surface area contributed by atoms with E-state index in [-0.39, 0.29) is 11.9 Å². The maximum atomic E-state index is 13.3. The topological polar surface area (TPSA) is 17.0 Å². The highest BCUT2D eigenvalue weighted by molar-refractivity contribution is 5.52. The first-order chi connectivity index (χ1) is 10.2. The lowest BCUT2D eigenvalue weighted by molar-refractivity contribution is 0.623. The second-order valence-electron chi connectivity index (χ2n) is 5.06. The van der Waals surface area contributed by atoms with Crippen LogP contribution >= 0.6 is 0 Å². The Balaban J connectivity index is 1.80. The van der Waals surface area contributed by atoms with Crippen LogP contribution in [0.15, 0.2) is 73.1 Å². The minimum absolute atomic E-state index is 0.0422. The van der Waals surface area contributed by atoms with Gasteiger partial charge in [-0.1, -0.05) is 18.2 Å². The van der Waals surface area contributed by atoms with Crippen LogP contribution in [-0.4, -0.2) is 4.57 Å². The maximum absolute atomic E-state index is 13.3. The van der Waals surface area contributed by atoms with E-state index >= 15 is 0 Å². The molecule has 2 nitrogen and oxygen atoms in total. The smallest absolute Gasteiger partial charge is 0.123 e. The van der Waals surface area contributed by atoms with E-state index in [1.165, 1.54) is 6.07 Å². The molecule has 0 spiro atoms. The Hall–Kier alpha value is -2.55. The predicted octanol–water partition coefficient (Wildman–Crippen LogP) is 4.79. The van der Waals surface area contributed by atoms with Crippen molar-refractivity contribution in [3.8, 4) is 5.69 Å². The molecule has 1 N–H and O–H groups in total. The van der Waals surface area contributed by atoms with Crippen molar-refractivity contribution in [2.45, 2.75) is 13.0 Å². The first-order valence-electron chi connectivity index (χ1n) is 6.98. The van der Waals surface area contributed by atoms with Crippen LogP contribution < -0.4 is 5.32 Å². The van der Waals surface area contributed by atoms with E-state index in [4.69, 9.17) is 0 Å². The van der Waals surface area contributed by atoms with E-state index in [2.05, 4.69) is 22.0 Å². The molecule has 0 saturated carbocycles. The van der Waals surface area contributed by atoms with Crippen LogP contribution in [0.5, 0.6) is 0 Å². The molecule has 0 fully saturated rings. The SMILES string of the molecule is CC(Nc1cccc(-n2cccc2)c1)c1cccc(F)c1. The fourth-order valence-electron chi connectivity index (χ4n) is 2.37. The van der Waals surface area contributed by atoms with Crippen LogP contribution in [0.25, 0.3) is 5.69 Å². The summed E-state index contributed by atoms with van der Waals surface area (Å²) in [6.07, 6.45) is 4.02. The number of hydrogen-bond donors (Lipinski definition) is 1. The molecule has 2 aromatic carbocycles. The Morgan fingerprint density at radius 1 is 0.952 bits per heavy atom. The van der Waals surface area contributed by atoms with Crippen molar-refractivity contribution in [1.82, 2.24) is 4.57 Å². The van der Waals surface area contributed by atoms with Crippen LogP contribution in [0, 0.1) is 5.82 Å². The van der Waals surface area contributed by atoms with Gasteiger partial charge in [-0.15, -0.1) is 0 Å². The van der Waals surface area contributed by atoms with Gasteiger partial charge in [0.2, 0.25) is 0 Å². The Kier molecular flexibility index (Phi) is 3.73. The summed E-state index contributed by atoms with van der Waals surface area (Å²) in [5.41, 5.74) is 3.04. The summed E-state index contributed by atoms with van der Waals surface area (Å²) < 4.78 is 15.3. The molecule has 0 saturated heterocycles. The van der Waals surface area contributed by atoms with E-state index in [9.17, 15) is 4.39 Å². The molecule has 3 aromatic rings. The molecular formula is C18H17FN2. The summed E-state index contributed by atoms with van der Waals surface area (Å²) in [5.74, 6) is -0.206. The summed E-state index contributed by atoms with van der Waals surface area (Å²) in [7, 11) is 0. The summed E-state index contributed by atoms with van der Waals surface area (Å²) >= 11 is 0. The molecule has 106 valence electrons. The number of rotatable bonds is 4. The molecule has 1 atom stereocenters. The normalized spacial score (nSPS) is 12.1. The summed E-state index contributed by atoms with van der Waals surface area (Å²) in [5, 5.41) is 3.41. The van der Waals surface area contributed by atoms with Crippen LogP contribution in [0.2, 0.25) is 0 Å².